The summed E-state index contributed by atoms with van der Waals surface area (Å²) >= 11 is 0. The fourth-order valence-corrected chi connectivity index (χ4v) is 4.33. The summed E-state index contributed by atoms with van der Waals surface area (Å²) in [6.07, 6.45) is 11.2. The number of hydrogen-bond acceptors (Lipinski definition) is 1. The summed E-state index contributed by atoms with van der Waals surface area (Å²) in [5.41, 5.74) is 7.54. The molecule has 2 aromatic carbocycles. The van der Waals surface area contributed by atoms with Crippen LogP contribution >= 0.6 is 0 Å². The van der Waals surface area contributed by atoms with Crippen molar-refractivity contribution >= 4 is 23.1 Å². The van der Waals surface area contributed by atoms with Crippen LogP contribution in [0.25, 0.3) is 34.3 Å². The third-order valence-corrected chi connectivity index (χ3v) is 5.60. The Morgan fingerprint density at radius 3 is 2.54 bits per heavy atom. The van der Waals surface area contributed by atoms with Crippen molar-refractivity contribution in [1.82, 2.24) is 4.98 Å². The van der Waals surface area contributed by atoms with Crippen LogP contribution in [-0.2, 0) is 0 Å². The molecule has 118 valence electrons. The van der Waals surface area contributed by atoms with E-state index in [2.05, 4.69) is 60.7 Å². The van der Waals surface area contributed by atoms with Gasteiger partial charge in [0, 0.05) is 10.9 Å². The maximum atomic E-state index is 4.95. The molecule has 3 aromatic rings. The van der Waals surface area contributed by atoms with Crippen molar-refractivity contribution in [3.63, 3.8) is 0 Å². The van der Waals surface area contributed by atoms with Crippen molar-refractivity contribution in [3.05, 3.63) is 65.2 Å². The molecule has 2 aliphatic rings. The van der Waals surface area contributed by atoms with Gasteiger partial charge in [-0.1, -0.05) is 61.7 Å². The van der Waals surface area contributed by atoms with E-state index in [1.807, 2.05) is 0 Å². The maximum absolute atomic E-state index is 4.95. The molecule has 0 saturated heterocycles. The maximum Gasteiger partial charge on any atom is 0.0721 e. The van der Waals surface area contributed by atoms with Gasteiger partial charge in [-0.3, -0.25) is 0 Å². The monoisotopic (exact) mass is 311 g/mol. The first-order valence-corrected chi connectivity index (χ1v) is 9.11. The topological polar surface area (TPSA) is 12.9 Å². The summed E-state index contributed by atoms with van der Waals surface area (Å²) in [7, 11) is 0. The van der Waals surface area contributed by atoms with Gasteiger partial charge in [0.25, 0.3) is 0 Å². The minimum absolute atomic E-state index is 0.737. The molecule has 1 aromatic heterocycles. The van der Waals surface area contributed by atoms with Crippen LogP contribution in [-0.4, -0.2) is 4.98 Å². The van der Waals surface area contributed by atoms with Gasteiger partial charge in [0.15, 0.2) is 0 Å². The van der Waals surface area contributed by atoms with Crippen LogP contribution in [0, 0.1) is 0 Å². The van der Waals surface area contributed by atoms with Crippen molar-refractivity contribution < 1.29 is 0 Å². The highest BCUT2D eigenvalue weighted by Gasteiger charge is 2.17. The SMILES string of the molecule is C1=Cc2cc(-c3cccc(C4CCCCC4)c3)nc3cccc1c23. The van der Waals surface area contributed by atoms with E-state index in [1.165, 1.54) is 59.7 Å². The molecule has 0 amide bonds. The van der Waals surface area contributed by atoms with Crippen LogP contribution in [0.1, 0.15) is 54.7 Å². The van der Waals surface area contributed by atoms with Gasteiger partial charge in [-0.2, -0.15) is 0 Å². The Kier molecular flexibility index (Phi) is 3.26. The molecule has 0 atom stereocenters. The smallest absolute Gasteiger partial charge is 0.0721 e. The molecular weight excluding hydrogens is 290 g/mol. The highest BCUT2D eigenvalue weighted by Crippen LogP contribution is 2.36. The van der Waals surface area contributed by atoms with E-state index in [1.54, 1.807) is 0 Å². The first-order chi connectivity index (χ1) is 11.9. The number of rotatable bonds is 2. The summed E-state index contributed by atoms with van der Waals surface area (Å²) in [6.45, 7) is 0. The largest absolute Gasteiger partial charge is 0.248 e. The van der Waals surface area contributed by atoms with Gasteiger partial charge in [-0.05, 0) is 53.6 Å². The van der Waals surface area contributed by atoms with E-state index in [9.17, 15) is 0 Å². The highest BCUT2D eigenvalue weighted by molar-refractivity contribution is 6.04. The Morgan fingerprint density at radius 1 is 0.792 bits per heavy atom. The second-order valence-corrected chi connectivity index (χ2v) is 7.13. The third kappa shape index (κ3) is 2.27. The molecule has 1 heteroatoms. The summed E-state index contributed by atoms with van der Waals surface area (Å²) in [4.78, 5) is 4.95. The van der Waals surface area contributed by atoms with Crippen molar-refractivity contribution in [3.8, 4) is 11.3 Å². The van der Waals surface area contributed by atoms with Crippen LogP contribution in [0.3, 0.4) is 0 Å². The number of benzene rings is 2. The number of hydrogen-bond donors (Lipinski definition) is 0. The Labute approximate surface area is 143 Å². The second kappa shape index (κ2) is 5.59. The predicted octanol–water partition coefficient (Wildman–Crippen LogP) is 6.43. The molecule has 24 heavy (non-hydrogen) atoms. The molecule has 1 nitrogen and oxygen atoms in total. The second-order valence-electron chi connectivity index (χ2n) is 7.13. The van der Waals surface area contributed by atoms with Gasteiger partial charge in [0.1, 0.15) is 0 Å². The lowest BCUT2D eigenvalue weighted by atomic mass is 9.83. The van der Waals surface area contributed by atoms with Gasteiger partial charge >= 0.3 is 0 Å². The number of aromatic nitrogens is 1. The summed E-state index contributed by atoms with van der Waals surface area (Å²) in [6, 6.07) is 17.7. The van der Waals surface area contributed by atoms with E-state index in [0.717, 1.165) is 17.1 Å². The molecule has 1 saturated carbocycles. The van der Waals surface area contributed by atoms with E-state index in [-0.39, 0.29) is 0 Å². The van der Waals surface area contributed by atoms with E-state index >= 15 is 0 Å². The molecule has 5 rings (SSSR count). The Morgan fingerprint density at radius 2 is 1.62 bits per heavy atom. The van der Waals surface area contributed by atoms with E-state index in [0.29, 0.717) is 0 Å². The molecule has 0 spiro atoms. The fraction of sp³-hybridized carbons (Fsp3) is 0.261. The first-order valence-electron chi connectivity index (χ1n) is 9.11. The molecule has 2 aliphatic carbocycles. The third-order valence-electron chi connectivity index (χ3n) is 5.60. The van der Waals surface area contributed by atoms with Gasteiger partial charge in [-0.15, -0.1) is 0 Å². The van der Waals surface area contributed by atoms with E-state index in [4.69, 9.17) is 4.98 Å². The van der Waals surface area contributed by atoms with Crippen LogP contribution in [0.15, 0.2) is 48.5 Å². The number of nitrogens with zero attached hydrogens (tertiary/aromatic N) is 1. The van der Waals surface area contributed by atoms with Gasteiger partial charge in [-0.25, -0.2) is 4.98 Å². The quantitative estimate of drug-likeness (QED) is 0.415. The average molecular weight is 311 g/mol. The zero-order chi connectivity index (χ0) is 15.9. The lowest BCUT2D eigenvalue weighted by Crippen LogP contribution is -2.04. The van der Waals surface area contributed by atoms with Crippen LogP contribution in [0.5, 0.6) is 0 Å². The molecular formula is C23H21N. The highest BCUT2D eigenvalue weighted by atomic mass is 14.7. The van der Waals surface area contributed by atoms with Crippen LogP contribution in [0.2, 0.25) is 0 Å². The van der Waals surface area contributed by atoms with Gasteiger partial charge in [0.05, 0.1) is 11.2 Å². The lowest BCUT2D eigenvalue weighted by Gasteiger charge is -2.22. The van der Waals surface area contributed by atoms with Crippen LogP contribution < -0.4 is 0 Å². The molecule has 1 fully saturated rings. The summed E-state index contributed by atoms with van der Waals surface area (Å²) in [5, 5.41) is 1.30. The van der Waals surface area contributed by atoms with Crippen molar-refractivity contribution in [2.24, 2.45) is 0 Å². The van der Waals surface area contributed by atoms with E-state index < -0.39 is 0 Å². The molecule has 1 heterocycles. The standard InChI is InChI=1S/C23H21N/c1-2-6-16(7-3-1)18-9-4-10-19(14-18)22-15-20-13-12-17-8-5-11-21(24-22)23(17)20/h4-5,8-16H,1-3,6-7H2. The molecule has 0 aliphatic heterocycles. The fourth-order valence-electron chi connectivity index (χ4n) is 4.33. The normalized spacial score (nSPS) is 16.8. The molecule has 0 radical (unpaired) electrons. The van der Waals surface area contributed by atoms with Crippen LogP contribution in [0.4, 0.5) is 0 Å². The zero-order valence-corrected chi connectivity index (χ0v) is 13.8. The molecule has 0 bridgehead atoms. The summed E-state index contributed by atoms with van der Waals surface area (Å²) < 4.78 is 0. The number of pyridine rings is 1. The van der Waals surface area contributed by atoms with Crippen molar-refractivity contribution in [1.29, 1.82) is 0 Å². The van der Waals surface area contributed by atoms with Crippen molar-refractivity contribution in [2.45, 2.75) is 38.0 Å². The van der Waals surface area contributed by atoms with Gasteiger partial charge < -0.3 is 0 Å². The Bertz CT molecular complexity index is 945. The summed E-state index contributed by atoms with van der Waals surface area (Å²) in [5.74, 6) is 0.737. The predicted molar refractivity (Wildman–Crippen MR) is 102 cm³/mol. The molecule has 0 unspecified atom stereocenters. The first kappa shape index (κ1) is 14.0. The Balaban J connectivity index is 1.60. The lowest BCUT2D eigenvalue weighted by molar-refractivity contribution is 0.443. The van der Waals surface area contributed by atoms with Gasteiger partial charge in [0.2, 0.25) is 0 Å². The average Bonchev–Trinajstić information content (AvgIpc) is 3.07. The minimum atomic E-state index is 0.737. The minimum Gasteiger partial charge on any atom is -0.248 e. The molecule has 0 N–H and O–H groups in total. The van der Waals surface area contributed by atoms with Crippen molar-refractivity contribution in [2.75, 3.05) is 0 Å². The Hall–Kier alpha value is -2.41. The zero-order valence-electron chi connectivity index (χ0n) is 13.8.